The Kier molecular flexibility index (Phi) is 6.30. The van der Waals surface area contributed by atoms with Crippen LogP contribution in [-0.4, -0.2) is 50.0 Å². The number of thiophene rings is 1. The molecule has 2 heterocycles. The molecule has 0 aliphatic heterocycles. The molecule has 11 heteroatoms. The maximum atomic E-state index is 12.5. The first-order valence-corrected chi connectivity index (χ1v) is 10.9. The minimum absolute atomic E-state index is 0.0275. The number of methoxy groups -OCH3 is 1. The number of hydrogen-bond donors (Lipinski definition) is 1. The van der Waals surface area contributed by atoms with Crippen molar-refractivity contribution in [2.45, 2.75) is 17.7 Å². The lowest BCUT2D eigenvalue weighted by molar-refractivity contribution is -0.116. The van der Waals surface area contributed by atoms with Crippen molar-refractivity contribution in [1.82, 2.24) is 14.4 Å². The second-order valence-electron chi connectivity index (χ2n) is 6.19. The second kappa shape index (κ2) is 8.72. The van der Waals surface area contributed by atoms with E-state index in [-0.39, 0.29) is 29.4 Å². The van der Waals surface area contributed by atoms with E-state index in [1.54, 1.807) is 6.07 Å². The highest BCUT2D eigenvalue weighted by Gasteiger charge is 2.23. The highest BCUT2D eigenvalue weighted by atomic mass is 32.2. The van der Waals surface area contributed by atoms with Crippen LogP contribution >= 0.6 is 11.3 Å². The molecule has 1 amide bonds. The maximum absolute atomic E-state index is 12.5. The zero-order chi connectivity index (χ0) is 21.0. The number of hydrogen-bond acceptors (Lipinski definition) is 8. The fourth-order valence-corrected chi connectivity index (χ4v) is 4.18. The third-order valence-corrected chi connectivity index (χ3v) is 6.68. The predicted molar refractivity (Wildman–Crippen MR) is 108 cm³/mol. The summed E-state index contributed by atoms with van der Waals surface area (Å²) in [6.07, 6.45) is 0.372. The number of ether oxygens (including phenoxy) is 1. The summed E-state index contributed by atoms with van der Waals surface area (Å²) in [5.41, 5.74) is 0.348. The summed E-state index contributed by atoms with van der Waals surface area (Å²) in [6, 6.07) is 8.22. The summed E-state index contributed by atoms with van der Waals surface area (Å²) in [6.45, 7) is 0. The van der Waals surface area contributed by atoms with Crippen LogP contribution in [0.3, 0.4) is 0 Å². The predicted octanol–water partition coefficient (Wildman–Crippen LogP) is 2.63. The summed E-state index contributed by atoms with van der Waals surface area (Å²) < 4.78 is 36.3. The van der Waals surface area contributed by atoms with Crippen molar-refractivity contribution in [3.63, 3.8) is 0 Å². The van der Waals surface area contributed by atoms with Crippen molar-refractivity contribution in [2.24, 2.45) is 0 Å². The van der Waals surface area contributed by atoms with Crippen LogP contribution in [0.15, 0.2) is 45.1 Å². The number of carbonyl (C=O) groups excluding carboxylic acids is 1. The van der Waals surface area contributed by atoms with Crippen LogP contribution in [0.25, 0.3) is 10.7 Å². The number of nitrogens with zero attached hydrogens (tertiary/aromatic N) is 3. The molecule has 0 fully saturated rings. The standard InChI is InChI=1S/C18H20N4O5S2/c1-22(2)29(24,25)15-11-12(6-7-13(15)26-3)19-16(23)8-9-17-20-18(21-27-17)14-5-4-10-28-14/h4-7,10-11H,8-9H2,1-3H3,(H,19,23). The molecular weight excluding hydrogens is 416 g/mol. The van der Waals surface area contributed by atoms with Gasteiger partial charge in [0.05, 0.1) is 12.0 Å². The first-order chi connectivity index (χ1) is 13.8. The molecule has 0 aliphatic carbocycles. The number of nitrogens with one attached hydrogen (secondary N) is 1. The first-order valence-electron chi connectivity index (χ1n) is 8.58. The quantitative estimate of drug-likeness (QED) is 0.577. The number of benzene rings is 1. The number of amides is 1. The Morgan fingerprint density at radius 2 is 2.10 bits per heavy atom. The maximum Gasteiger partial charge on any atom is 0.246 e. The lowest BCUT2D eigenvalue weighted by Gasteiger charge is -2.15. The highest BCUT2D eigenvalue weighted by molar-refractivity contribution is 7.89. The van der Waals surface area contributed by atoms with E-state index in [9.17, 15) is 13.2 Å². The van der Waals surface area contributed by atoms with Gasteiger partial charge >= 0.3 is 0 Å². The zero-order valence-corrected chi connectivity index (χ0v) is 17.7. The molecule has 0 saturated carbocycles. The van der Waals surface area contributed by atoms with E-state index in [1.165, 1.54) is 44.7 Å². The van der Waals surface area contributed by atoms with Crippen LogP contribution in [0, 0.1) is 0 Å². The SMILES string of the molecule is COc1ccc(NC(=O)CCc2nc(-c3cccs3)no2)cc1S(=O)(=O)N(C)C. The molecule has 29 heavy (non-hydrogen) atoms. The summed E-state index contributed by atoms with van der Waals surface area (Å²) in [4.78, 5) is 17.4. The Hall–Kier alpha value is -2.76. The summed E-state index contributed by atoms with van der Waals surface area (Å²) >= 11 is 1.50. The molecule has 0 aliphatic rings. The van der Waals surface area contributed by atoms with Crippen LogP contribution in [0.4, 0.5) is 5.69 Å². The molecule has 0 spiro atoms. The van der Waals surface area contributed by atoms with E-state index in [4.69, 9.17) is 9.26 Å². The monoisotopic (exact) mass is 436 g/mol. The van der Waals surface area contributed by atoms with Crippen LogP contribution in [0.5, 0.6) is 5.75 Å². The van der Waals surface area contributed by atoms with Crippen LogP contribution < -0.4 is 10.1 Å². The van der Waals surface area contributed by atoms with E-state index in [0.29, 0.717) is 17.4 Å². The lowest BCUT2D eigenvalue weighted by Crippen LogP contribution is -2.23. The van der Waals surface area contributed by atoms with Gasteiger partial charge in [-0.3, -0.25) is 4.79 Å². The Labute approximate surface area is 172 Å². The molecule has 0 atom stereocenters. The van der Waals surface area contributed by atoms with Crippen LogP contribution in [-0.2, 0) is 21.2 Å². The molecule has 9 nitrogen and oxygen atoms in total. The number of anilines is 1. The molecule has 2 aromatic heterocycles. The van der Waals surface area contributed by atoms with Gasteiger partial charge in [-0.2, -0.15) is 4.98 Å². The number of sulfonamides is 1. The van der Waals surface area contributed by atoms with Crippen molar-refractivity contribution in [3.05, 3.63) is 41.6 Å². The van der Waals surface area contributed by atoms with Crippen molar-refractivity contribution >= 4 is 33.0 Å². The van der Waals surface area contributed by atoms with Gasteiger partial charge < -0.3 is 14.6 Å². The fraction of sp³-hybridized carbons (Fsp3) is 0.278. The Morgan fingerprint density at radius 3 is 2.76 bits per heavy atom. The number of aryl methyl sites for hydroxylation is 1. The second-order valence-corrected chi connectivity index (χ2v) is 9.26. The normalized spacial score (nSPS) is 11.6. The van der Waals surface area contributed by atoms with Crippen molar-refractivity contribution in [1.29, 1.82) is 0 Å². The van der Waals surface area contributed by atoms with E-state index in [2.05, 4.69) is 15.5 Å². The zero-order valence-electron chi connectivity index (χ0n) is 16.1. The molecule has 154 valence electrons. The Morgan fingerprint density at radius 1 is 1.31 bits per heavy atom. The molecule has 1 N–H and O–H groups in total. The van der Waals surface area contributed by atoms with Gasteiger partial charge in [-0.15, -0.1) is 11.3 Å². The first kappa shape index (κ1) is 21.0. The van der Waals surface area contributed by atoms with Crippen molar-refractivity contribution < 1.29 is 22.5 Å². The van der Waals surface area contributed by atoms with Gasteiger partial charge in [0.25, 0.3) is 0 Å². The Balaban J connectivity index is 1.66. The molecule has 0 unspecified atom stereocenters. The van der Waals surface area contributed by atoms with E-state index in [1.807, 2.05) is 17.5 Å². The largest absolute Gasteiger partial charge is 0.495 e. The average molecular weight is 437 g/mol. The number of aromatic nitrogens is 2. The molecule has 1 aromatic carbocycles. The molecule has 0 bridgehead atoms. The smallest absolute Gasteiger partial charge is 0.246 e. The third-order valence-electron chi connectivity index (χ3n) is 3.98. The van der Waals surface area contributed by atoms with Gasteiger partial charge in [0.2, 0.25) is 27.6 Å². The molecule has 3 aromatic rings. The number of carbonyl (C=O) groups is 1. The summed E-state index contributed by atoms with van der Waals surface area (Å²) in [5.74, 6) is 0.737. The summed E-state index contributed by atoms with van der Waals surface area (Å²) in [7, 11) is 0.510. The molecule has 0 radical (unpaired) electrons. The van der Waals surface area contributed by atoms with Crippen LogP contribution in [0.2, 0.25) is 0 Å². The fourth-order valence-electron chi connectivity index (χ4n) is 2.46. The average Bonchev–Trinajstić information content (AvgIpc) is 3.37. The van der Waals surface area contributed by atoms with Gasteiger partial charge in [0.15, 0.2) is 0 Å². The third kappa shape index (κ3) is 4.81. The minimum Gasteiger partial charge on any atom is -0.495 e. The Bertz CT molecular complexity index is 1090. The van der Waals surface area contributed by atoms with Crippen molar-refractivity contribution in [2.75, 3.05) is 26.5 Å². The van der Waals surface area contributed by atoms with E-state index < -0.39 is 10.0 Å². The van der Waals surface area contributed by atoms with Gasteiger partial charge in [-0.25, -0.2) is 12.7 Å². The highest BCUT2D eigenvalue weighted by Crippen LogP contribution is 2.29. The molecular formula is C18H20N4O5S2. The van der Waals surface area contributed by atoms with Gasteiger partial charge in [0.1, 0.15) is 10.6 Å². The molecule has 0 saturated heterocycles. The van der Waals surface area contributed by atoms with E-state index in [0.717, 1.165) is 9.18 Å². The van der Waals surface area contributed by atoms with Crippen molar-refractivity contribution in [3.8, 4) is 16.5 Å². The lowest BCUT2D eigenvalue weighted by atomic mass is 10.2. The van der Waals surface area contributed by atoms with Gasteiger partial charge in [0, 0.05) is 32.6 Å². The minimum atomic E-state index is -3.73. The van der Waals surface area contributed by atoms with Gasteiger partial charge in [-0.1, -0.05) is 11.2 Å². The van der Waals surface area contributed by atoms with E-state index >= 15 is 0 Å². The van der Waals surface area contributed by atoms with Crippen LogP contribution in [0.1, 0.15) is 12.3 Å². The summed E-state index contributed by atoms with van der Waals surface area (Å²) in [5, 5.41) is 8.50. The topological polar surface area (TPSA) is 115 Å². The molecule has 3 rings (SSSR count). The number of rotatable bonds is 8. The van der Waals surface area contributed by atoms with Gasteiger partial charge in [-0.05, 0) is 29.6 Å².